The van der Waals surface area contributed by atoms with Crippen LogP contribution in [0.15, 0.2) is 64.9 Å². The van der Waals surface area contributed by atoms with Gasteiger partial charge in [0.1, 0.15) is 22.4 Å². The van der Waals surface area contributed by atoms with E-state index >= 15 is 0 Å². The summed E-state index contributed by atoms with van der Waals surface area (Å²) in [6.45, 7) is 0. The van der Waals surface area contributed by atoms with Crippen LogP contribution in [0.25, 0.3) is 11.1 Å². The van der Waals surface area contributed by atoms with Gasteiger partial charge in [-0.05, 0) is 12.1 Å². The molecule has 0 radical (unpaired) electrons. The number of anilines is 2. The van der Waals surface area contributed by atoms with Gasteiger partial charge < -0.3 is 5.32 Å². The van der Waals surface area contributed by atoms with E-state index in [1.165, 1.54) is 49.1 Å². The molecule has 1 heterocycles. The predicted octanol–water partition coefficient (Wildman–Crippen LogP) is 1.78. The summed E-state index contributed by atoms with van der Waals surface area (Å²) in [5.74, 6) is 0.00937. The molecule has 3 rings (SSSR count). The second-order valence-corrected chi connectivity index (χ2v) is 7.96. The van der Waals surface area contributed by atoms with Crippen molar-refractivity contribution in [3.05, 3.63) is 55.1 Å². The smallest absolute Gasteiger partial charge is 0.297 e. The van der Waals surface area contributed by atoms with Crippen LogP contribution >= 0.6 is 0 Å². The van der Waals surface area contributed by atoms with E-state index in [-0.39, 0.29) is 22.8 Å². The number of aromatic nitrogens is 3. The Hall–Kier alpha value is -2.93. The van der Waals surface area contributed by atoms with Gasteiger partial charge in [0.15, 0.2) is 0 Å². The molecule has 0 bridgehead atoms. The number of hydrogen-bond donors (Lipinski definition) is 3. The Morgan fingerprint density at radius 1 is 0.778 bits per heavy atom. The summed E-state index contributed by atoms with van der Waals surface area (Å²) in [7, 11) is -9.45. The lowest BCUT2D eigenvalue weighted by atomic mass is 10.0. The van der Waals surface area contributed by atoms with Gasteiger partial charge in [-0.15, -0.1) is 0 Å². The summed E-state index contributed by atoms with van der Waals surface area (Å²) in [4.78, 5) is 10.2. The van der Waals surface area contributed by atoms with Gasteiger partial charge in [0.25, 0.3) is 20.2 Å². The van der Waals surface area contributed by atoms with E-state index < -0.39 is 30.0 Å². The van der Waals surface area contributed by atoms with Gasteiger partial charge in [-0.3, -0.25) is 9.11 Å². The molecular weight excluding hydrogens is 396 g/mol. The van der Waals surface area contributed by atoms with Crippen molar-refractivity contribution >= 4 is 31.9 Å². The second-order valence-electron chi connectivity index (χ2n) is 5.22. The van der Waals surface area contributed by atoms with Gasteiger partial charge in [-0.1, -0.05) is 30.3 Å². The van der Waals surface area contributed by atoms with Crippen LogP contribution in [0.4, 0.5) is 11.6 Å². The Bertz CT molecular complexity index is 1200. The van der Waals surface area contributed by atoms with Crippen LogP contribution < -0.4 is 5.32 Å². The molecule has 0 unspecified atom stereocenters. The van der Waals surface area contributed by atoms with E-state index in [1.54, 1.807) is 0 Å². The SMILES string of the molecule is O=S(=O)(O)c1ccccc1-c1cccc(Nc2ncncn2)c1S(=O)(=O)O. The molecule has 1 aromatic heterocycles. The topological polar surface area (TPSA) is 159 Å². The number of nitrogens with zero attached hydrogens (tertiary/aromatic N) is 3. The molecule has 0 amide bonds. The molecule has 27 heavy (non-hydrogen) atoms. The third-order valence-electron chi connectivity index (χ3n) is 3.47. The van der Waals surface area contributed by atoms with E-state index in [2.05, 4.69) is 20.3 Å². The maximum absolute atomic E-state index is 12.0. The quantitative estimate of drug-likeness (QED) is 0.531. The maximum Gasteiger partial charge on any atom is 0.297 e. The van der Waals surface area contributed by atoms with Crippen LogP contribution in [0.2, 0.25) is 0 Å². The van der Waals surface area contributed by atoms with Crippen LogP contribution in [-0.4, -0.2) is 40.9 Å². The summed E-state index contributed by atoms with van der Waals surface area (Å²) >= 11 is 0. The standard InChI is InChI=1S/C15H12N4O6S2/c20-26(21,22)13-7-2-1-4-10(13)11-5-3-6-12(14(11)27(23,24)25)19-15-17-8-16-9-18-15/h1-9H,(H,20,21,22)(H,23,24,25)(H,16,17,18,19). The normalized spacial score (nSPS) is 11.9. The van der Waals surface area contributed by atoms with Crippen LogP contribution in [0, 0.1) is 0 Å². The molecule has 0 saturated carbocycles. The molecule has 0 atom stereocenters. The first-order valence-corrected chi connectivity index (χ1v) is 10.1. The minimum atomic E-state index is -4.80. The summed E-state index contributed by atoms with van der Waals surface area (Å²) in [5.41, 5.74) is -0.331. The Kier molecular flexibility index (Phi) is 4.89. The zero-order chi connectivity index (χ0) is 19.7. The van der Waals surface area contributed by atoms with Gasteiger partial charge in [-0.2, -0.15) is 16.8 Å². The highest BCUT2D eigenvalue weighted by Crippen LogP contribution is 2.37. The van der Waals surface area contributed by atoms with E-state index in [0.717, 1.165) is 6.07 Å². The van der Waals surface area contributed by atoms with Gasteiger partial charge >= 0.3 is 0 Å². The molecule has 3 N–H and O–H groups in total. The summed E-state index contributed by atoms with van der Waals surface area (Å²) in [6, 6.07) is 9.33. The molecule has 3 aromatic rings. The van der Waals surface area contributed by atoms with Crippen LogP contribution in [0.5, 0.6) is 0 Å². The van der Waals surface area contributed by atoms with Crippen LogP contribution in [0.1, 0.15) is 0 Å². The molecule has 0 aliphatic heterocycles. The van der Waals surface area contributed by atoms with E-state index in [0.29, 0.717) is 0 Å². The lowest BCUT2D eigenvalue weighted by Crippen LogP contribution is -2.08. The van der Waals surface area contributed by atoms with Crippen molar-refractivity contribution in [1.29, 1.82) is 0 Å². The minimum absolute atomic E-state index is 0.00937. The number of rotatable bonds is 5. The highest BCUT2D eigenvalue weighted by atomic mass is 32.2. The lowest BCUT2D eigenvalue weighted by Gasteiger charge is -2.15. The first-order valence-electron chi connectivity index (χ1n) is 7.24. The van der Waals surface area contributed by atoms with Gasteiger partial charge in [0.05, 0.1) is 5.69 Å². The zero-order valence-corrected chi connectivity index (χ0v) is 15.0. The molecule has 2 aromatic carbocycles. The van der Waals surface area contributed by atoms with Crippen LogP contribution in [-0.2, 0) is 20.2 Å². The Labute approximate surface area is 154 Å². The molecular formula is C15H12N4O6S2. The first kappa shape index (κ1) is 18.8. The number of benzene rings is 2. The Balaban J connectivity index is 2.29. The van der Waals surface area contributed by atoms with E-state index in [9.17, 15) is 25.9 Å². The highest BCUT2D eigenvalue weighted by Gasteiger charge is 2.25. The van der Waals surface area contributed by atoms with Gasteiger partial charge in [0, 0.05) is 11.1 Å². The van der Waals surface area contributed by atoms with Crippen molar-refractivity contribution in [2.24, 2.45) is 0 Å². The summed E-state index contributed by atoms with van der Waals surface area (Å²) in [5, 5.41) is 2.63. The highest BCUT2D eigenvalue weighted by molar-refractivity contribution is 7.86. The van der Waals surface area contributed by atoms with Gasteiger partial charge in [0.2, 0.25) is 5.95 Å². The van der Waals surface area contributed by atoms with Crippen LogP contribution in [0.3, 0.4) is 0 Å². The molecule has 140 valence electrons. The Morgan fingerprint density at radius 3 is 2.04 bits per heavy atom. The lowest BCUT2D eigenvalue weighted by molar-refractivity contribution is 0.480. The molecule has 0 fully saturated rings. The fourth-order valence-electron chi connectivity index (χ4n) is 2.46. The zero-order valence-electron chi connectivity index (χ0n) is 13.4. The summed E-state index contributed by atoms with van der Waals surface area (Å²) in [6.07, 6.45) is 2.36. The fraction of sp³-hybridized carbons (Fsp3) is 0. The van der Waals surface area contributed by atoms with Crippen molar-refractivity contribution in [2.75, 3.05) is 5.32 Å². The first-order chi connectivity index (χ1) is 12.7. The average Bonchev–Trinajstić information content (AvgIpc) is 2.61. The molecule has 0 saturated heterocycles. The molecule has 0 aliphatic rings. The third-order valence-corrected chi connectivity index (χ3v) is 5.34. The van der Waals surface area contributed by atoms with Crippen molar-refractivity contribution in [1.82, 2.24) is 15.0 Å². The van der Waals surface area contributed by atoms with Crippen molar-refractivity contribution < 1.29 is 25.9 Å². The molecule has 10 nitrogen and oxygen atoms in total. The third kappa shape index (κ3) is 4.09. The monoisotopic (exact) mass is 408 g/mol. The van der Waals surface area contributed by atoms with Gasteiger partial charge in [-0.25, -0.2) is 15.0 Å². The molecule has 0 aliphatic carbocycles. The number of hydrogen-bond acceptors (Lipinski definition) is 8. The average molecular weight is 408 g/mol. The number of nitrogens with one attached hydrogen (secondary N) is 1. The predicted molar refractivity (Wildman–Crippen MR) is 94.6 cm³/mol. The largest absolute Gasteiger partial charge is 0.323 e. The summed E-state index contributed by atoms with van der Waals surface area (Å²) < 4.78 is 66.6. The molecule has 12 heteroatoms. The molecule has 0 spiro atoms. The fourth-order valence-corrected chi connectivity index (χ4v) is 4.02. The second kappa shape index (κ2) is 7.00. The maximum atomic E-state index is 12.0. The van der Waals surface area contributed by atoms with Crippen molar-refractivity contribution in [3.63, 3.8) is 0 Å². The van der Waals surface area contributed by atoms with Crippen molar-refractivity contribution in [3.8, 4) is 11.1 Å². The minimum Gasteiger partial charge on any atom is -0.323 e. The van der Waals surface area contributed by atoms with Crippen molar-refractivity contribution in [2.45, 2.75) is 9.79 Å². The Morgan fingerprint density at radius 2 is 1.41 bits per heavy atom. The van der Waals surface area contributed by atoms with E-state index in [4.69, 9.17) is 0 Å². The van der Waals surface area contributed by atoms with E-state index in [1.807, 2.05) is 0 Å².